The first kappa shape index (κ1) is 26.9. The van der Waals surface area contributed by atoms with E-state index in [0.29, 0.717) is 22.2 Å². The van der Waals surface area contributed by atoms with Gasteiger partial charge >= 0.3 is 6.18 Å². The van der Waals surface area contributed by atoms with Crippen LogP contribution in [0.2, 0.25) is 0 Å². The Labute approximate surface area is 222 Å². The smallest absolute Gasteiger partial charge is 0.350 e. The topological polar surface area (TPSA) is 78.5 Å². The third-order valence-corrected chi connectivity index (χ3v) is 6.25. The van der Waals surface area contributed by atoms with Crippen LogP contribution in [0.15, 0.2) is 83.5 Å². The molecule has 1 aliphatic rings. The molecule has 0 atom stereocenters. The number of halogens is 4. The fourth-order valence-corrected chi connectivity index (χ4v) is 4.22. The number of hydrogen-bond acceptors (Lipinski definition) is 4. The van der Waals surface area contributed by atoms with Crippen LogP contribution in [-0.4, -0.2) is 17.7 Å². The molecule has 1 aliphatic heterocycles. The summed E-state index contributed by atoms with van der Waals surface area (Å²) in [5.41, 5.74) is 1.38. The molecule has 2 N–H and O–H groups in total. The van der Waals surface area contributed by atoms with Crippen molar-refractivity contribution >= 4 is 46.4 Å². The summed E-state index contributed by atoms with van der Waals surface area (Å²) in [7, 11) is 0. The van der Waals surface area contributed by atoms with Gasteiger partial charge in [-0.05, 0) is 53.4 Å². The molecule has 0 bridgehead atoms. The summed E-state index contributed by atoms with van der Waals surface area (Å²) in [5, 5.41) is 5.25. The molecule has 3 aromatic carbocycles. The van der Waals surface area contributed by atoms with E-state index in [1.165, 1.54) is 6.07 Å². The molecular weight excluding hydrogens is 519 g/mol. The van der Waals surface area contributed by atoms with Gasteiger partial charge in [0.05, 0.1) is 17.7 Å². The normalized spacial score (nSPS) is 13.9. The van der Waals surface area contributed by atoms with E-state index in [1.807, 2.05) is 38.1 Å². The predicted molar refractivity (Wildman–Crippen MR) is 140 cm³/mol. The molecule has 0 aliphatic carbocycles. The molecule has 0 radical (unpaired) electrons. The molecule has 0 fully saturated rings. The van der Waals surface area contributed by atoms with Crippen molar-refractivity contribution < 1.29 is 27.6 Å². The molecule has 0 spiro atoms. The summed E-state index contributed by atoms with van der Waals surface area (Å²) >= 11 is 6.09. The zero-order valence-corrected chi connectivity index (χ0v) is 21.2. The number of carbonyl (C=O) groups excluding carboxylic acids is 3. The van der Waals surface area contributed by atoms with Crippen molar-refractivity contribution in [2.75, 3.05) is 15.5 Å². The number of carbonyl (C=O) groups is 3. The Balaban J connectivity index is 1.44. The third kappa shape index (κ3) is 5.73. The number of alkyl halides is 3. The number of rotatable bonds is 7. The van der Waals surface area contributed by atoms with Crippen LogP contribution in [0.1, 0.15) is 36.5 Å². The molecule has 0 aromatic heterocycles. The number of benzene rings is 3. The second-order valence-corrected chi connectivity index (χ2v) is 9.35. The van der Waals surface area contributed by atoms with E-state index in [0.717, 1.165) is 23.4 Å². The fraction of sp³-hybridized carbons (Fsp3) is 0.179. The highest BCUT2D eigenvalue weighted by Gasteiger charge is 2.40. The number of hydrogen-bond donors (Lipinski definition) is 2. The zero-order chi connectivity index (χ0) is 27.6. The van der Waals surface area contributed by atoms with E-state index in [-0.39, 0.29) is 29.6 Å². The van der Waals surface area contributed by atoms with E-state index < -0.39 is 28.6 Å². The summed E-state index contributed by atoms with van der Waals surface area (Å²) in [6, 6.07) is 18.0. The number of nitrogens with one attached hydrogen (secondary N) is 2. The Hall–Kier alpha value is -4.11. The lowest BCUT2D eigenvalue weighted by atomic mass is 10.0. The standard InChI is InChI=1S/C28H23ClF3N3O3/c1-16(2)21-8-3-4-9-22(21)34-23(36)14-17-10-12-19(13-11-17)33-25-24(29)26(37)35(27(25)38)20-7-5-6-18(15-20)28(30,31)32/h3-13,15-16,33H,14H2,1-2H3,(H,34,36). The van der Waals surface area contributed by atoms with Gasteiger partial charge in [-0.3, -0.25) is 14.4 Å². The first-order valence-electron chi connectivity index (χ1n) is 11.7. The van der Waals surface area contributed by atoms with Gasteiger partial charge in [0, 0.05) is 11.4 Å². The lowest BCUT2D eigenvalue weighted by molar-refractivity contribution is -0.137. The minimum Gasteiger partial charge on any atom is -0.350 e. The molecule has 6 nitrogen and oxygen atoms in total. The molecule has 0 unspecified atom stereocenters. The van der Waals surface area contributed by atoms with Crippen LogP contribution >= 0.6 is 11.6 Å². The highest BCUT2D eigenvalue weighted by Crippen LogP contribution is 2.35. The summed E-state index contributed by atoms with van der Waals surface area (Å²) < 4.78 is 39.3. The van der Waals surface area contributed by atoms with Crippen LogP contribution < -0.4 is 15.5 Å². The highest BCUT2D eigenvalue weighted by molar-refractivity contribution is 6.53. The van der Waals surface area contributed by atoms with E-state index in [4.69, 9.17) is 11.6 Å². The second kappa shape index (κ2) is 10.7. The maximum atomic E-state index is 13.1. The Morgan fingerprint density at radius 3 is 2.29 bits per heavy atom. The maximum absolute atomic E-state index is 13.1. The largest absolute Gasteiger partial charge is 0.416 e. The van der Waals surface area contributed by atoms with Crippen molar-refractivity contribution in [3.8, 4) is 0 Å². The van der Waals surface area contributed by atoms with E-state index in [9.17, 15) is 27.6 Å². The number of amides is 3. The summed E-state index contributed by atoms with van der Waals surface area (Å²) in [5.74, 6) is -1.77. The number of imide groups is 1. The summed E-state index contributed by atoms with van der Waals surface area (Å²) in [6.07, 6.45) is -4.53. The summed E-state index contributed by atoms with van der Waals surface area (Å²) in [6.45, 7) is 4.08. The predicted octanol–water partition coefficient (Wildman–Crippen LogP) is 6.45. The highest BCUT2D eigenvalue weighted by atomic mass is 35.5. The Bertz CT molecular complexity index is 1430. The van der Waals surface area contributed by atoms with Gasteiger partial charge < -0.3 is 10.6 Å². The fourth-order valence-electron chi connectivity index (χ4n) is 4.01. The molecule has 1 heterocycles. The Morgan fingerprint density at radius 1 is 0.947 bits per heavy atom. The van der Waals surface area contributed by atoms with Crippen molar-refractivity contribution in [3.05, 3.63) is 100 Å². The monoisotopic (exact) mass is 541 g/mol. The van der Waals surface area contributed by atoms with Crippen molar-refractivity contribution in [2.45, 2.75) is 32.4 Å². The van der Waals surface area contributed by atoms with Gasteiger partial charge in [0.1, 0.15) is 10.7 Å². The Morgan fingerprint density at radius 2 is 1.63 bits per heavy atom. The molecule has 4 rings (SSSR count). The quantitative estimate of drug-likeness (QED) is 0.337. The number of para-hydroxylation sites is 1. The average Bonchev–Trinajstić information content (AvgIpc) is 3.07. The second-order valence-electron chi connectivity index (χ2n) is 8.97. The van der Waals surface area contributed by atoms with Gasteiger partial charge in [-0.2, -0.15) is 13.2 Å². The Kier molecular flexibility index (Phi) is 7.59. The molecule has 3 aromatic rings. The van der Waals surface area contributed by atoms with Crippen LogP contribution in [0.5, 0.6) is 0 Å². The molecule has 3 amide bonds. The molecular formula is C28H23ClF3N3O3. The van der Waals surface area contributed by atoms with Gasteiger partial charge in [0.15, 0.2) is 0 Å². The minimum absolute atomic E-state index is 0.108. The number of anilines is 3. The van der Waals surface area contributed by atoms with Crippen LogP contribution in [0.25, 0.3) is 0 Å². The molecule has 38 heavy (non-hydrogen) atoms. The van der Waals surface area contributed by atoms with Gasteiger partial charge in [0.25, 0.3) is 11.8 Å². The van der Waals surface area contributed by atoms with Crippen LogP contribution in [0, 0.1) is 0 Å². The first-order chi connectivity index (χ1) is 18.0. The maximum Gasteiger partial charge on any atom is 0.416 e. The minimum atomic E-state index is -4.64. The van der Waals surface area contributed by atoms with E-state index >= 15 is 0 Å². The first-order valence-corrected chi connectivity index (χ1v) is 12.0. The van der Waals surface area contributed by atoms with E-state index in [2.05, 4.69) is 10.6 Å². The lowest BCUT2D eigenvalue weighted by Crippen LogP contribution is -2.32. The average molecular weight is 542 g/mol. The third-order valence-electron chi connectivity index (χ3n) is 5.90. The van der Waals surface area contributed by atoms with Gasteiger partial charge in [-0.25, -0.2) is 4.90 Å². The van der Waals surface area contributed by atoms with Gasteiger partial charge in [-0.15, -0.1) is 0 Å². The van der Waals surface area contributed by atoms with Crippen molar-refractivity contribution in [1.82, 2.24) is 0 Å². The van der Waals surface area contributed by atoms with Gasteiger partial charge in [0.2, 0.25) is 5.91 Å². The van der Waals surface area contributed by atoms with Gasteiger partial charge in [-0.1, -0.05) is 61.8 Å². The van der Waals surface area contributed by atoms with Crippen LogP contribution in [-0.2, 0) is 27.0 Å². The molecule has 196 valence electrons. The van der Waals surface area contributed by atoms with Crippen molar-refractivity contribution in [3.63, 3.8) is 0 Å². The summed E-state index contributed by atoms with van der Waals surface area (Å²) in [4.78, 5) is 38.7. The van der Waals surface area contributed by atoms with Crippen molar-refractivity contribution in [2.24, 2.45) is 0 Å². The molecule has 0 saturated carbocycles. The molecule has 10 heteroatoms. The lowest BCUT2D eigenvalue weighted by Gasteiger charge is -2.17. The van der Waals surface area contributed by atoms with Crippen LogP contribution in [0.3, 0.4) is 0 Å². The SMILES string of the molecule is CC(C)c1ccccc1NC(=O)Cc1ccc(NC2=C(Cl)C(=O)N(c3cccc(C(F)(F)F)c3)C2=O)cc1. The van der Waals surface area contributed by atoms with Crippen molar-refractivity contribution in [1.29, 1.82) is 0 Å². The number of nitrogens with zero attached hydrogens (tertiary/aromatic N) is 1. The molecule has 0 saturated heterocycles. The zero-order valence-electron chi connectivity index (χ0n) is 20.4. The van der Waals surface area contributed by atoms with Crippen LogP contribution in [0.4, 0.5) is 30.2 Å². The van der Waals surface area contributed by atoms with E-state index in [1.54, 1.807) is 24.3 Å².